The molecular formula is C26H25N3O4. The van der Waals surface area contributed by atoms with Gasteiger partial charge in [0.15, 0.2) is 0 Å². The first-order valence-electron chi connectivity index (χ1n) is 10.6. The number of hydrogen-bond donors (Lipinski definition) is 2. The summed E-state index contributed by atoms with van der Waals surface area (Å²) in [6, 6.07) is 22.0. The van der Waals surface area contributed by atoms with Gasteiger partial charge in [0.2, 0.25) is 0 Å². The Morgan fingerprint density at radius 3 is 2.61 bits per heavy atom. The van der Waals surface area contributed by atoms with E-state index in [0.29, 0.717) is 24.5 Å². The molecule has 0 saturated carbocycles. The largest absolute Gasteiger partial charge is 0.491 e. The Morgan fingerprint density at radius 1 is 1.15 bits per heavy atom. The van der Waals surface area contributed by atoms with Crippen LogP contribution in [0.15, 0.2) is 72.9 Å². The molecule has 168 valence electrons. The van der Waals surface area contributed by atoms with Crippen molar-refractivity contribution < 1.29 is 19.4 Å². The molecule has 0 radical (unpaired) electrons. The average Bonchev–Trinajstić information content (AvgIpc) is 3.17. The summed E-state index contributed by atoms with van der Waals surface area (Å²) in [5.74, 6) is 0.578. The molecular weight excluding hydrogens is 418 g/mol. The van der Waals surface area contributed by atoms with Crippen LogP contribution in [-0.4, -0.2) is 33.6 Å². The van der Waals surface area contributed by atoms with Gasteiger partial charge < -0.3 is 19.7 Å². The van der Waals surface area contributed by atoms with E-state index in [1.54, 1.807) is 6.20 Å². The predicted molar refractivity (Wildman–Crippen MR) is 125 cm³/mol. The highest BCUT2D eigenvalue weighted by Crippen LogP contribution is 2.40. The molecule has 1 aliphatic heterocycles. The Bertz CT molecular complexity index is 1300. The third kappa shape index (κ3) is 4.05. The lowest BCUT2D eigenvalue weighted by molar-refractivity contribution is -0.122. The minimum Gasteiger partial charge on any atom is -0.491 e. The normalized spacial score (nSPS) is 16.7. The van der Waals surface area contributed by atoms with Crippen molar-refractivity contribution in [2.24, 2.45) is 7.05 Å². The molecule has 3 heterocycles. The number of ether oxygens (including phenoxy) is 1. The summed E-state index contributed by atoms with van der Waals surface area (Å²) in [5.41, 5.74) is 3.80. The number of pyridine rings is 1. The number of rotatable bonds is 3. The fraction of sp³-hybridized carbons (Fsp3) is 0.192. The van der Waals surface area contributed by atoms with E-state index in [1.165, 1.54) is 5.56 Å². The summed E-state index contributed by atoms with van der Waals surface area (Å²) in [6.45, 7) is 2.31. The molecule has 5 rings (SSSR count). The predicted octanol–water partition coefficient (Wildman–Crippen LogP) is 4.04. The van der Waals surface area contributed by atoms with Crippen LogP contribution in [0.2, 0.25) is 0 Å². The molecule has 0 spiro atoms. The van der Waals surface area contributed by atoms with E-state index in [1.807, 2.05) is 54.1 Å². The van der Waals surface area contributed by atoms with Crippen molar-refractivity contribution >= 4 is 23.3 Å². The van der Waals surface area contributed by atoms with Crippen LogP contribution in [0.1, 0.15) is 33.7 Å². The third-order valence-electron chi connectivity index (χ3n) is 5.97. The zero-order valence-corrected chi connectivity index (χ0v) is 18.5. The average molecular weight is 444 g/mol. The molecule has 7 heteroatoms. The highest BCUT2D eigenvalue weighted by Gasteiger charge is 2.42. The van der Waals surface area contributed by atoms with E-state index >= 15 is 0 Å². The third-order valence-corrected chi connectivity index (χ3v) is 5.97. The number of benzene rings is 2. The van der Waals surface area contributed by atoms with Crippen LogP contribution < -0.4 is 10.1 Å². The minimum absolute atomic E-state index is 0.132. The number of nitrogens with zero attached hydrogens (tertiary/aromatic N) is 2. The standard InChI is InChI=1S/C25H23N3O2.CH2O2/c1-17-9-11-19(12-10-17)25(13-15-30-22-8-5-14-26-23(22)25)27-24(29)21-16-18-6-3-4-7-20(18)28(21)2;2-1-3/h3-12,14,16H,13,15H2,1-2H3,(H,27,29);1H,(H,2,3)/t25-;/m0./s1. The minimum atomic E-state index is -0.754. The molecule has 2 N–H and O–H groups in total. The zero-order chi connectivity index (χ0) is 23.4. The van der Waals surface area contributed by atoms with Gasteiger partial charge in [0.1, 0.15) is 22.7 Å². The Hall–Kier alpha value is -4.13. The van der Waals surface area contributed by atoms with Crippen molar-refractivity contribution in [3.8, 4) is 5.75 Å². The van der Waals surface area contributed by atoms with Gasteiger partial charge in [-0.2, -0.15) is 0 Å². The molecule has 0 bridgehead atoms. The van der Waals surface area contributed by atoms with Crippen LogP contribution in [0.4, 0.5) is 0 Å². The van der Waals surface area contributed by atoms with E-state index < -0.39 is 5.54 Å². The van der Waals surface area contributed by atoms with Gasteiger partial charge in [-0.3, -0.25) is 14.6 Å². The lowest BCUT2D eigenvalue weighted by Gasteiger charge is -2.39. The number of para-hydroxylation sites is 1. The molecule has 2 aromatic carbocycles. The smallest absolute Gasteiger partial charge is 0.290 e. The van der Waals surface area contributed by atoms with Gasteiger partial charge in [0, 0.05) is 30.6 Å². The number of aryl methyl sites for hydroxylation is 2. The van der Waals surface area contributed by atoms with Crippen molar-refractivity contribution in [2.45, 2.75) is 18.9 Å². The van der Waals surface area contributed by atoms with Gasteiger partial charge in [-0.1, -0.05) is 48.0 Å². The second-order valence-electron chi connectivity index (χ2n) is 7.93. The molecule has 0 saturated heterocycles. The van der Waals surface area contributed by atoms with Crippen molar-refractivity contribution in [1.29, 1.82) is 0 Å². The molecule has 1 atom stereocenters. The highest BCUT2D eigenvalue weighted by molar-refractivity contribution is 5.99. The summed E-state index contributed by atoms with van der Waals surface area (Å²) in [5, 5.41) is 11.3. The number of carbonyl (C=O) groups is 2. The Morgan fingerprint density at radius 2 is 1.88 bits per heavy atom. The topological polar surface area (TPSA) is 93.5 Å². The summed E-state index contributed by atoms with van der Waals surface area (Å²) >= 11 is 0. The molecule has 2 aromatic heterocycles. The van der Waals surface area contributed by atoms with Crippen LogP contribution in [0.3, 0.4) is 0 Å². The summed E-state index contributed by atoms with van der Waals surface area (Å²) in [7, 11) is 1.92. The van der Waals surface area contributed by atoms with Gasteiger partial charge in [-0.05, 0) is 36.8 Å². The number of fused-ring (bicyclic) bond motifs is 2. The van der Waals surface area contributed by atoms with Crippen LogP contribution in [0.5, 0.6) is 5.75 Å². The highest BCUT2D eigenvalue weighted by atomic mass is 16.5. The maximum atomic E-state index is 13.6. The van der Waals surface area contributed by atoms with Crippen molar-refractivity contribution in [3.05, 3.63) is 95.4 Å². The first kappa shape index (κ1) is 22.1. The number of carboxylic acid groups (broad SMARTS) is 1. The summed E-state index contributed by atoms with van der Waals surface area (Å²) in [6.07, 6.45) is 2.36. The van der Waals surface area contributed by atoms with Crippen LogP contribution in [-0.2, 0) is 17.4 Å². The molecule has 0 fully saturated rings. The lowest BCUT2D eigenvalue weighted by Crippen LogP contribution is -2.50. The van der Waals surface area contributed by atoms with E-state index in [2.05, 4.69) is 41.5 Å². The molecule has 1 amide bonds. The van der Waals surface area contributed by atoms with Crippen molar-refractivity contribution in [1.82, 2.24) is 14.9 Å². The van der Waals surface area contributed by atoms with E-state index in [4.69, 9.17) is 14.6 Å². The zero-order valence-electron chi connectivity index (χ0n) is 18.5. The van der Waals surface area contributed by atoms with Crippen molar-refractivity contribution in [2.75, 3.05) is 6.61 Å². The first-order chi connectivity index (χ1) is 16.0. The molecule has 33 heavy (non-hydrogen) atoms. The molecule has 0 aliphatic carbocycles. The summed E-state index contributed by atoms with van der Waals surface area (Å²) in [4.78, 5) is 26.6. The maximum absolute atomic E-state index is 13.6. The number of nitrogens with one attached hydrogen (secondary N) is 1. The van der Waals surface area contributed by atoms with Crippen LogP contribution >= 0.6 is 0 Å². The first-order valence-corrected chi connectivity index (χ1v) is 10.6. The molecule has 0 unspecified atom stereocenters. The van der Waals surface area contributed by atoms with Gasteiger partial charge in [-0.25, -0.2) is 0 Å². The van der Waals surface area contributed by atoms with Crippen LogP contribution in [0.25, 0.3) is 10.9 Å². The van der Waals surface area contributed by atoms with Gasteiger partial charge >= 0.3 is 0 Å². The Kier molecular flexibility index (Phi) is 6.13. The van der Waals surface area contributed by atoms with E-state index in [0.717, 1.165) is 22.2 Å². The lowest BCUT2D eigenvalue weighted by atomic mass is 9.81. The number of aromatic nitrogens is 2. The fourth-order valence-electron chi connectivity index (χ4n) is 4.34. The molecule has 7 nitrogen and oxygen atoms in total. The van der Waals surface area contributed by atoms with Gasteiger partial charge in [0.25, 0.3) is 12.4 Å². The monoisotopic (exact) mass is 443 g/mol. The summed E-state index contributed by atoms with van der Waals surface area (Å²) < 4.78 is 7.80. The number of carbonyl (C=O) groups excluding carboxylic acids is 1. The molecule has 4 aromatic rings. The van der Waals surface area contributed by atoms with Crippen LogP contribution in [0, 0.1) is 6.92 Å². The Labute approximate surface area is 191 Å². The number of amides is 1. The van der Waals surface area contributed by atoms with E-state index in [9.17, 15) is 4.79 Å². The van der Waals surface area contributed by atoms with Gasteiger partial charge in [0.05, 0.1) is 6.61 Å². The fourth-order valence-corrected chi connectivity index (χ4v) is 4.34. The maximum Gasteiger partial charge on any atom is 0.290 e. The second-order valence-corrected chi connectivity index (χ2v) is 7.93. The Balaban J connectivity index is 0.000000821. The SMILES string of the molecule is Cc1ccc([C@@]2(NC(=O)c3cc4ccccc4n3C)CCOc3cccnc32)cc1.O=CO. The van der Waals surface area contributed by atoms with Crippen molar-refractivity contribution in [3.63, 3.8) is 0 Å². The molecule has 1 aliphatic rings. The second kappa shape index (κ2) is 9.16. The number of hydrogen-bond acceptors (Lipinski definition) is 4. The van der Waals surface area contributed by atoms with E-state index in [-0.39, 0.29) is 12.4 Å². The quantitative estimate of drug-likeness (QED) is 0.466. The van der Waals surface area contributed by atoms with Gasteiger partial charge in [-0.15, -0.1) is 0 Å².